The average molecular weight is 326 g/mol. The van der Waals surface area contributed by atoms with Crippen LogP contribution in [0.3, 0.4) is 0 Å². The number of carbonyl (C=O) groups excluding carboxylic acids is 1. The second-order valence-electron chi connectivity index (χ2n) is 6.78. The standard InChI is InChI=1S/C18H22N4O2/c1-21-10-14(7-20-21)16-8-19-9-17(16)18(24)22-5-4-12-2-3-15(23)6-13(12)11-22/h2-3,6-7,10,16-17,19,23H,4-5,8-9,11H2,1H3/t16-,17+/m1/s1. The summed E-state index contributed by atoms with van der Waals surface area (Å²) in [6.07, 6.45) is 4.71. The normalized spacial score (nSPS) is 23.3. The van der Waals surface area contributed by atoms with Crippen molar-refractivity contribution in [3.8, 4) is 5.75 Å². The zero-order valence-corrected chi connectivity index (χ0v) is 13.8. The second kappa shape index (κ2) is 5.94. The Morgan fingerprint density at radius 1 is 1.33 bits per heavy atom. The molecule has 3 heterocycles. The topological polar surface area (TPSA) is 70.4 Å². The summed E-state index contributed by atoms with van der Waals surface area (Å²) in [6, 6.07) is 5.46. The van der Waals surface area contributed by atoms with Gasteiger partial charge in [-0.1, -0.05) is 6.07 Å². The summed E-state index contributed by atoms with van der Waals surface area (Å²) in [4.78, 5) is 15.0. The molecule has 6 nitrogen and oxygen atoms in total. The smallest absolute Gasteiger partial charge is 0.227 e. The summed E-state index contributed by atoms with van der Waals surface area (Å²) in [5, 5.41) is 17.3. The molecule has 2 aliphatic rings. The quantitative estimate of drug-likeness (QED) is 0.864. The number of aromatic nitrogens is 2. The van der Waals surface area contributed by atoms with E-state index in [9.17, 15) is 9.90 Å². The summed E-state index contributed by atoms with van der Waals surface area (Å²) in [6.45, 7) is 2.85. The van der Waals surface area contributed by atoms with Crippen molar-refractivity contribution in [2.24, 2.45) is 13.0 Å². The Morgan fingerprint density at radius 2 is 2.21 bits per heavy atom. The lowest BCUT2D eigenvalue weighted by Gasteiger charge is -2.32. The molecule has 2 aromatic rings. The van der Waals surface area contributed by atoms with Gasteiger partial charge in [0.25, 0.3) is 0 Å². The van der Waals surface area contributed by atoms with Crippen LogP contribution in [0.5, 0.6) is 5.75 Å². The van der Waals surface area contributed by atoms with E-state index < -0.39 is 0 Å². The molecule has 126 valence electrons. The van der Waals surface area contributed by atoms with E-state index in [0.29, 0.717) is 13.1 Å². The Labute approximate surface area is 141 Å². The van der Waals surface area contributed by atoms with Crippen LogP contribution >= 0.6 is 0 Å². The van der Waals surface area contributed by atoms with E-state index in [0.717, 1.165) is 30.6 Å². The van der Waals surface area contributed by atoms with E-state index in [-0.39, 0.29) is 23.5 Å². The van der Waals surface area contributed by atoms with Gasteiger partial charge in [0.15, 0.2) is 0 Å². The first-order chi connectivity index (χ1) is 11.6. The molecule has 1 amide bonds. The molecule has 0 unspecified atom stereocenters. The van der Waals surface area contributed by atoms with Gasteiger partial charge >= 0.3 is 0 Å². The van der Waals surface area contributed by atoms with Gasteiger partial charge in [-0.3, -0.25) is 9.48 Å². The second-order valence-corrected chi connectivity index (χ2v) is 6.78. The van der Waals surface area contributed by atoms with Gasteiger partial charge in [0.05, 0.1) is 12.1 Å². The molecular weight excluding hydrogens is 304 g/mol. The lowest BCUT2D eigenvalue weighted by molar-refractivity contribution is -0.136. The maximum Gasteiger partial charge on any atom is 0.227 e. The molecule has 24 heavy (non-hydrogen) atoms. The van der Waals surface area contributed by atoms with Crippen molar-refractivity contribution in [1.29, 1.82) is 0 Å². The Kier molecular flexibility index (Phi) is 3.76. The molecular formula is C18H22N4O2. The largest absolute Gasteiger partial charge is 0.508 e. The number of phenolic OH excluding ortho intramolecular Hbond substituents is 1. The number of nitrogens with zero attached hydrogens (tertiary/aromatic N) is 3. The van der Waals surface area contributed by atoms with E-state index in [4.69, 9.17) is 0 Å². The minimum atomic E-state index is -0.0481. The van der Waals surface area contributed by atoms with Crippen molar-refractivity contribution < 1.29 is 9.90 Å². The SMILES string of the molecule is Cn1cc([C@H]2CNC[C@@H]2C(=O)N2CCc3ccc(O)cc3C2)cn1. The van der Waals surface area contributed by atoms with Gasteiger partial charge in [0, 0.05) is 45.3 Å². The molecule has 6 heteroatoms. The van der Waals surface area contributed by atoms with Crippen molar-refractivity contribution in [3.63, 3.8) is 0 Å². The van der Waals surface area contributed by atoms with Crippen molar-refractivity contribution in [3.05, 3.63) is 47.3 Å². The van der Waals surface area contributed by atoms with E-state index in [1.807, 2.05) is 30.4 Å². The van der Waals surface area contributed by atoms with Crippen LogP contribution in [0.15, 0.2) is 30.6 Å². The molecule has 0 bridgehead atoms. The Hall–Kier alpha value is -2.34. The molecule has 2 N–H and O–H groups in total. The summed E-state index contributed by atoms with van der Waals surface area (Å²) in [7, 11) is 1.90. The molecule has 0 saturated carbocycles. The highest BCUT2D eigenvalue weighted by Gasteiger charge is 2.37. The number of aromatic hydroxyl groups is 1. The molecule has 0 aliphatic carbocycles. The number of phenols is 1. The fourth-order valence-electron chi connectivity index (χ4n) is 3.89. The molecule has 1 fully saturated rings. The van der Waals surface area contributed by atoms with Crippen molar-refractivity contribution >= 4 is 5.91 Å². The van der Waals surface area contributed by atoms with Gasteiger partial charge in [0.1, 0.15) is 5.75 Å². The molecule has 1 aromatic heterocycles. The fourth-order valence-corrected chi connectivity index (χ4v) is 3.89. The van der Waals surface area contributed by atoms with Gasteiger partial charge in [-0.25, -0.2) is 0 Å². The number of rotatable bonds is 2. The molecule has 1 saturated heterocycles. The lowest BCUT2D eigenvalue weighted by atomic mass is 9.89. The third-order valence-electron chi connectivity index (χ3n) is 5.20. The summed E-state index contributed by atoms with van der Waals surface area (Å²) in [5.41, 5.74) is 3.40. The van der Waals surface area contributed by atoms with Crippen LogP contribution in [-0.2, 0) is 24.8 Å². The van der Waals surface area contributed by atoms with Crippen LogP contribution in [0.4, 0.5) is 0 Å². The van der Waals surface area contributed by atoms with E-state index in [1.165, 1.54) is 5.56 Å². The third kappa shape index (κ3) is 2.67. The average Bonchev–Trinajstić information content (AvgIpc) is 3.22. The molecule has 4 rings (SSSR count). The molecule has 0 radical (unpaired) electrons. The van der Waals surface area contributed by atoms with Gasteiger partial charge in [-0.2, -0.15) is 5.10 Å². The predicted molar refractivity (Wildman–Crippen MR) is 89.5 cm³/mol. The number of hydrogen-bond acceptors (Lipinski definition) is 4. The summed E-state index contributed by atoms with van der Waals surface area (Å²) < 4.78 is 1.79. The maximum absolute atomic E-state index is 13.1. The van der Waals surface area contributed by atoms with Gasteiger partial charge in [-0.05, 0) is 35.2 Å². The van der Waals surface area contributed by atoms with Gasteiger partial charge < -0.3 is 15.3 Å². The first kappa shape index (κ1) is 15.2. The predicted octanol–water partition coefficient (Wildman–Crippen LogP) is 1.01. The zero-order chi connectivity index (χ0) is 16.7. The maximum atomic E-state index is 13.1. The lowest BCUT2D eigenvalue weighted by Crippen LogP contribution is -2.41. The monoisotopic (exact) mass is 326 g/mol. The number of fused-ring (bicyclic) bond motifs is 1. The number of hydrogen-bond donors (Lipinski definition) is 2. The number of nitrogens with one attached hydrogen (secondary N) is 1. The number of carbonyl (C=O) groups is 1. The third-order valence-corrected chi connectivity index (χ3v) is 5.20. The first-order valence-corrected chi connectivity index (χ1v) is 8.40. The fraction of sp³-hybridized carbons (Fsp3) is 0.444. The van der Waals surface area contributed by atoms with E-state index in [2.05, 4.69) is 10.4 Å². The molecule has 2 aliphatic heterocycles. The van der Waals surface area contributed by atoms with Crippen LogP contribution in [0.25, 0.3) is 0 Å². The number of aryl methyl sites for hydroxylation is 1. The highest BCUT2D eigenvalue weighted by molar-refractivity contribution is 5.81. The van der Waals surface area contributed by atoms with E-state index in [1.54, 1.807) is 16.8 Å². The van der Waals surface area contributed by atoms with Crippen molar-refractivity contribution in [1.82, 2.24) is 20.0 Å². The highest BCUT2D eigenvalue weighted by atomic mass is 16.3. The van der Waals surface area contributed by atoms with Crippen LogP contribution in [0.2, 0.25) is 0 Å². The Balaban J connectivity index is 1.53. The van der Waals surface area contributed by atoms with Crippen LogP contribution < -0.4 is 5.32 Å². The molecule has 1 aromatic carbocycles. The van der Waals surface area contributed by atoms with Crippen LogP contribution in [0.1, 0.15) is 22.6 Å². The van der Waals surface area contributed by atoms with Crippen molar-refractivity contribution in [2.45, 2.75) is 18.9 Å². The Morgan fingerprint density at radius 3 is 3.00 bits per heavy atom. The minimum absolute atomic E-state index is 0.0481. The summed E-state index contributed by atoms with van der Waals surface area (Å²) in [5.74, 6) is 0.589. The molecule has 0 spiro atoms. The molecule has 2 atom stereocenters. The Bertz CT molecular complexity index is 770. The van der Waals surface area contributed by atoms with Gasteiger partial charge in [-0.15, -0.1) is 0 Å². The number of amides is 1. The van der Waals surface area contributed by atoms with Crippen molar-refractivity contribution in [2.75, 3.05) is 19.6 Å². The van der Waals surface area contributed by atoms with E-state index >= 15 is 0 Å². The minimum Gasteiger partial charge on any atom is -0.508 e. The highest BCUT2D eigenvalue weighted by Crippen LogP contribution is 2.31. The van der Waals surface area contributed by atoms with Crippen LogP contribution in [0, 0.1) is 5.92 Å². The zero-order valence-electron chi connectivity index (χ0n) is 13.8. The first-order valence-electron chi connectivity index (χ1n) is 8.40. The number of benzene rings is 1. The van der Waals surface area contributed by atoms with Crippen LogP contribution in [-0.4, -0.2) is 45.3 Å². The van der Waals surface area contributed by atoms with Gasteiger partial charge in [0.2, 0.25) is 5.91 Å². The summed E-state index contributed by atoms with van der Waals surface area (Å²) >= 11 is 0.